The van der Waals surface area contributed by atoms with Gasteiger partial charge in [-0.15, -0.1) is 0 Å². The molecule has 2 N–H and O–H groups in total. The number of amides is 3. The molecule has 1 saturated carbocycles. The van der Waals surface area contributed by atoms with Crippen molar-refractivity contribution in [2.45, 2.75) is 70.7 Å². The summed E-state index contributed by atoms with van der Waals surface area (Å²) in [4.78, 5) is 41.6. The van der Waals surface area contributed by atoms with Crippen LogP contribution in [0.3, 0.4) is 0 Å². The van der Waals surface area contributed by atoms with Gasteiger partial charge in [-0.3, -0.25) is 4.90 Å². The summed E-state index contributed by atoms with van der Waals surface area (Å²) in [5, 5.41) is 7.72. The molecular formula is C37H45N7O3. The van der Waals surface area contributed by atoms with Crippen molar-refractivity contribution in [3.8, 4) is 0 Å². The van der Waals surface area contributed by atoms with Gasteiger partial charge >= 0.3 is 12.1 Å². The van der Waals surface area contributed by atoms with Gasteiger partial charge in [-0.25, -0.2) is 19.6 Å². The van der Waals surface area contributed by atoms with Gasteiger partial charge in [-0.05, 0) is 82.3 Å². The fourth-order valence-corrected chi connectivity index (χ4v) is 6.35. The van der Waals surface area contributed by atoms with Crippen molar-refractivity contribution in [1.29, 1.82) is 0 Å². The highest BCUT2D eigenvalue weighted by molar-refractivity contribution is 5.93. The van der Waals surface area contributed by atoms with E-state index in [2.05, 4.69) is 32.7 Å². The van der Waals surface area contributed by atoms with Crippen LogP contribution in [0.5, 0.6) is 0 Å². The van der Waals surface area contributed by atoms with Crippen molar-refractivity contribution in [1.82, 2.24) is 20.2 Å². The van der Waals surface area contributed by atoms with Gasteiger partial charge < -0.3 is 25.2 Å². The van der Waals surface area contributed by atoms with E-state index < -0.39 is 5.60 Å². The third-order valence-electron chi connectivity index (χ3n) is 8.81. The van der Waals surface area contributed by atoms with Crippen LogP contribution in [0.2, 0.25) is 0 Å². The Labute approximate surface area is 277 Å². The largest absolute Gasteiger partial charge is 0.444 e. The van der Waals surface area contributed by atoms with Gasteiger partial charge in [0.25, 0.3) is 0 Å². The molecule has 1 saturated heterocycles. The molecule has 1 aromatic heterocycles. The zero-order valence-corrected chi connectivity index (χ0v) is 27.6. The molecule has 2 fully saturated rings. The summed E-state index contributed by atoms with van der Waals surface area (Å²) < 4.78 is 5.55. The second kappa shape index (κ2) is 14.3. The monoisotopic (exact) mass is 635 g/mol. The van der Waals surface area contributed by atoms with Crippen molar-refractivity contribution < 1.29 is 14.3 Å². The van der Waals surface area contributed by atoms with Crippen LogP contribution in [-0.2, 0) is 11.3 Å². The lowest BCUT2D eigenvalue weighted by molar-refractivity contribution is 0.0240. The number of nitrogens with zero attached hydrogens (tertiary/aromatic N) is 5. The van der Waals surface area contributed by atoms with Crippen molar-refractivity contribution in [3.63, 3.8) is 0 Å². The number of ether oxygens (including phenoxy) is 1. The third kappa shape index (κ3) is 8.30. The molecule has 47 heavy (non-hydrogen) atoms. The van der Waals surface area contributed by atoms with Crippen LogP contribution in [-0.4, -0.2) is 70.9 Å². The van der Waals surface area contributed by atoms with Gasteiger partial charge in [0.2, 0.25) is 5.95 Å². The number of nitrogens with one attached hydrogen (secondary N) is 2. The van der Waals surface area contributed by atoms with E-state index in [0.717, 1.165) is 66.6 Å². The first-order chi connectivity index (χ1) is 22.7. The number of aromatic nitrogens is 2. The Bertz CT molecular complexity index is 1640. The van der Waals surface area contributed by atoms with E-state index in [4.69, 9.17) is 9.72 Å². The van der Waals surface area contributed by atoms with Gasteiger partial charge in [0, 0.05) is 67.8 Å². The van der Waals surface area contributed by atoms with E-state index in [1.807, 2.05) is 98.6 Å². The molecule has 0 unspecified atom stereocenters. The molecule has 0 atom stereocenters. The molecule has 0 bridgehead atoms. The lowest BCUT2D eigenvalue weighted by Gasteiger charge is -2.38. The maximum atomic E-state index is 13.8. The number of hydrogen-bond donors (Lipinski definition) is 2. The van der Waals surface area contributed by atoms with Crippen LogP contribution in [0.1, 0.15) is 52.0 Å². The SMILES string of the molecule is CC(C)(C)OC(=O)N1CCN(c2ccc(N(C(=O)NCc3ccccc3)C3CCC(Nc4ncc5ccccc5n4)CC3)cc2)CC1. The Morgan fingerprint density at radius 3 is 2.26 bits per heavy atom. The van der Waals surface area contributed by atoms with Gasteiger partial charge in [0.15, 0.2) is 0 Å². The second-order valence-corrected chi connectivity index (χ2v) is 13.4. The van der Waals surface area contributed by atoms with E-state index in [1.54, 1.807) is 4.90 Å². The zero-order valence-electron chi connectivity index (χ0n) is 27.6. The molecule has 6 rings (SSSR count). The molecule has 0 spiro atoms. The Kier molecular flexibility index (Phi) is 9.75. The molecule has 1 aliphatic heterocycles. The van der Waals surface area contributed by atoms with E-state index in [1.165, 1.54) is 0 Å². The van der Waals surface area contributed by atoms with Gasteiger partial charge in [-0.2, -0.15) is 0 Å². The fraction of sp³-hybridized carbons (Fsp3) is 0.405. The number of carbonyl (C=O) groups excluding carboxylic acids is 2. The normalized spacial score (nSPS) is 18.4. The van der Waals surface area contributed by atoms with Crippen LogP contribution >= 0.6 is 0 Å². The molecule has 2 aliphatic rings. The smallest absolute Gasteiger partial charge is 0.410 e. The molecule has 2 heterocycles. The average Bonchev–Trinajstić information content (AvgIpc) is 3.08. The van der Waals surface area contributed by atoms with Crippen molar-refractivity contribution >= 4 is 40.4 Å². The Hall–Kier alpha value is -4.86. The Morgan fingerprint density at radius 2 is 1.55 bits per heavy atom. The minimum atomic E-state index is -0.509. The predicted octanol–water partition coefficient (Wildman–Crippen LogP) is 6.83. The molecule has 10 nitrogen and oxygen atoms in total. The highest BCUT2D eigenvalue weighted by atomic mass is 16.6. The molecule has 10 heteroatoms. The standard InChI is InChI=1S/C37H45N7O3/c1-37(2,3)47-36(46)43-23-21-42(22-24-43)30-17-19-32(20-18-30)44(35(45)39-25-27-9-5-4-6-10-27)31-15-13-29(14-16-31)40-34-38-26-28-11-7-8-12-33(28)41-34/h4-12,17-20,26,29,31H,13-16,21-25H2,1-3H3,(H,39,45)(H,38,40,41). The molecule has 3 aromatic carbocycles. The van der Waals surface area contributed by atoms with Crippen molar-refractivity contribution in [2.24, 2.45) is 0 Å². The van der Waals surface area contributed by atoms with E-state index in [0.29, 0.717) is 25.6 Å². The average molecular weight is 636 g/mol. The van der Waals surface area contributed by atoms with Gasteiger partial charge in [0.05, 0.1) is 5.52 Å². The highest BCUT2D eigenvalue weighted by Gasteiger charge is 2.31. The maximum Gasteiger partial charge on any atom is 0.410 e. The zero-order chi connectivity index (χ0) is 32.8. The molecule has 1 aliphatic carbocycles. The predicted molar refractivity (Wildman–Crippen MR) is 187 cm³/mol. The molecule has 4 aromatic rings. The Morgan fingerprint density at radius 1 is 0.872 bits per heavy atom. The summed E-state index contributed by atoms with van der Waals surface area (Å²) in [5.41, 5.74) is 3.43. The fourth-order valence-electron chi connectivity index (χ4n) is 6.35. The summed E-state index contributed by atoms with van der Waals surface area (Å²) in [6, 6.07) is 26.4. The molecule has 3 amide bonds. The number of fused-ring (bicyclic) bond motifs is 1. The minimum Gasteiger partial charge on any atom is -0.444 e. The molecular weight excluding hydrogens is 590 g/mol. The summed E-state index contributed by atoms with van der Waals surface area (Å²) >= 11 is 0. The van der Waals surface area contributed by atoms with E-state index in [9.17, 15) is 9.59 Å². The third-order valence-corrected chi connectivity index (χ3v) is 8.81. The lowest BCUT2D eigenvalue weighted by atomic mass is 9.90. The van der Waals surface area contributed by atoms with Crippen LogP contribution in [0.15, 0.2) is 85.1 Å². The number of hydrogen-bond acceptors (Lipinski definition) is 7. The maximum absolute atomic E-state index is 13.8. The highest BCUT2D eigenvalue weighted by Crippen LogP contribution is 2.31. The number of carbonyl (C=O) groups is 2. The second-order valence-electron chi connectivity index (χ2n) is 13.4. The molecule has 246 valence electrons. The van der Waals surface area contributed by atoms with Crippen LogP contribution in [0.25, 0.3) is 10.9 Å². The number of rotatable bonds is 7. The first kappa shape index (κ1) is 32.1. The van der Waals surface area contributed by atoms with Crippen molar-refractivity contribution in [3.05, 3.63) is 90.6 Å². The van der Waals surface area contributed by atoms with Crippen molar-refractivity contribution in [2.75, 3.05) is 41.3 Å². The Balaban J connectivity index is 1.11. The number of urea groups is 1. The van der Waals surface area contributed by atoms with E-state index >= 15 is 0 Å². The number of para-hydroxylation sites is 1. The quantitative estimate of drug-likeness (QED) is 0.230. The summed E-state index contributed by atoms with van der Waals surface area (Å²) in [7, 11) is 0. The van der Waals surface area contributed by atoms with Crippen LogP contribution < -0.4 is 20.4 Å². The van der Waals surface area contributed by atoms with Crippen LogP contribution in [0.4, 0.5) is 26.9 Å². The number of anilines is 3. The summed E-state index contributed by atoms with van der Waals surface area (Å²) in [6.45, 7) is 8.77. The number of benzene rings is 3. The summed E-state index contributed by atoms with van der Waals surface area (Å²) in [5.74, 6) is 0.645. The van der Waals surface area contributed by atoms with Crippen LogP contribution in [0, 0.1) is 0 Å². The lowest BCUT2D eigenvalue weighted by Crippen LogP contribution is -2.50. The first-order valence-corrected chi connectivity index (χ1v) is 16.6. The van der Waals surface area contributed by atoms with E-state index in [-0.39, 0.29) is 24.2 Å². The van der Waals surface area contributed by atoms with Gasteiger partial charge in [0.1, 0.15) is 5.60 Å². The summed E-state index contributed by atoms with van der Waals surface area (Å²) in [6.07, 6.45) is 5.13. The molecule has 0 radical (unpaired) electrons. The minimum absolute atomic E-state index is 0.0598. The first-order valence-electron chi connectivity index (χ1n) is 16.6. The van der Waals surface area contributed by atoms with Gasteiger partial charge in [-0.1, -0.05) is 48.5 Å². The topological polar surface area (TPSA) is 103 Å². The number of piperazine rings is 1.